The van der Waals surface area contributed by atoms with Crippen molar-refractivity contribution in [2.45, 2.75) is 40.3 Å². The summed E-state index contributed by atoms with van der Waals surface area (Å²) in [6.45, 7) is 12.3. The Labute approximate surface area is 121 Å². The summed E-state index contributed by atoms with van der Waals surface area (Å²) in [4.78, 5) is 6.32. The molecule has 1 heterocycles. The summed E-state index contributed by atoms with van der Waals surface area (Å²) in [6, 6.07) is 1.82. The molecule has 0 radical (unpaired) electrons. The molecule has 5 heteroatoms. The van der Waals surface area contributed by atoms with Crippen molar-refractivity contribution in [3.8, 4) is 5.88 Å². The summed E-state index contributed by atoms with van der Waals surface area (Å²) < 4.78 is 19.0. The zero-order valence-corrected chi connectivity index (χ0v) is 12.9. The summed E-state index contributed by atoms with van der Waals surface area (Å²) >= 11 is 0. The molecule has 1 N–H and O–H groups in total. The third kappa shape index (κ3) is 5.84. The molecular formula is C15H26FN3O. The van der Waals surface area contributed by atoms with Crippen LogP contribution in [0.15, 0.2) is 12.3 Å². The molecule has 0 bridgehead atoms. The predicted octanol–water partition coefficient (Wildman–Crippen LogP) is 2.44. The second-order valence-electron chi connectivity index (χ2n) is 5.03. The molecular weight excluding hydrogens is 257 g/mol. The number of rotatable bonds is 9. The van der Waals surface area contributed by atoms with Gasteiger partial charge >= 0.3 is 0 Å². The Morgan fingerprint density at radius 2 is 2.05 bits per heavy atom. The Balaban J connectivity index is 2.59. The maximum atomic E-state index is 13.3. The van der Waals surface area contributed by atoms with Gasteiger partial charge in [0, 0.05) is 24.7 Å². The topological polar surface area (TPSA) is 37.4 Å². The van der Waals surface area contributed by atoms with Gasteiger partial charge < -0.3 is 15.0 Å². The van der Waals surface area contributed by atoms with Gasteiger partial charge in [-0.1, -0.05) is 27.7 Å². The van der Waals surface area contributed by atoms with Crippen LogP contribution in [0.25, 0.3) is 0 Å². The number of ether oxygens (including phenoxy) is 1. The van der Waals surface area contributed by atoms with Crippen LogP contribution in [0.4, 0.5) is 4.39 Å². The first-order valence-electron chi connectivity index (χ1n) is 7.29. The molecule has 0 atom stereocenters. The number of hydrogen-bond donors (Lipinski definition) is 1. The van der Waals surface area contributed by atoms with Gasteiger partial charge in [-0.2, -0.15) is 0 Å². The van der Waals surface area contributed by atoms with E-state index in [1.807, 2.05) is 13.8 Å². The number of likely N-dealkylation sites (N-methyl/N-ethyl adjacent to an activating group) is 1. The third-order valence-electron chi connectivity index (χ3n) is 3.13. The van der Waals surface area contributed by atoms with Crippen LogP contribution in [-0.4, -0.2) is 42.2 Å². The monoisotopic (exact) mass is 283 g/mol. The van der Waals surface area contributed by atoms with Crippen LogP contribution in [0.3, 0.4) is 0 Å². The summed E-state index contributed by atoms with van der Waals surface area (Å²) in [6.07, 6.45) is 1.20. The van der Waals surface area contributed by atoms with Crippen molar-refractivity contribution < 1.29 is 9.13 Å². The van der Waals surface area contributed by atoms with Gasteiger partial charge in [0.05, 0.1) is 6.20 Å². The van der Waals surface area contributed by atoms with Gasteiger partial charge in [-0.15, -0.1) is 0 Å². The summed E-state index contributed by atoms with van der Waals surface area (Å²) in [5.74, 6) is 0.188. The van der Waals surface area contributed by atoms with E-state index < -0.39 is 0 Å². The van der Waals surface area contributed by atoms with E-state index in [1.165, 1.54) is 12.3 Å². The summed E-state index contributed by atoms with van der Waals surface area (Å²) in [5, 5.41) is 3.25. The van der Waals surface area contributed by atoms with Crippen LogP contribution in [-0.2, 0) is 6.54 Å². The van der Waals surface area contributed by atoms with E-state index in [0.29, 0.717) is 25.1 Å². The van der Waals surface area contributed by atoms with Crippen molar-refractivity contribution in [2.24, 2.45) is 0 Å². The van der Waals surface area contributed by atoms with E-state index in [-0.39, 0.29) is 5.82 Å². The van der Waals surface area contributed by atoms with Gasteiger partial charge in [-0.25, -0.2) is 9.37 Å². The van der Waals surface area contributed by atoms with E-state index in [2.05, 4.69) is 29.0 Å². The smallest absolute Gasteiger partial charge is 0.218 e. The Morgan fingerprint density at radius 1 is 1.35 bits per heavy atom. The van der Waals surface area contributed by atoms with Crippen LogP contribution in [0, 0.1) is 5.82 Å². The van der Waals surface area contributed by atoms with Crippen molar-refractivity contribution >= 4 is 0 Å². The van der Waals surface area contributed by atoms with Crippen LogP contribution >= 0.6 is 0 Å². The maximum Gasteiger partial charge on any atom is 0.218 e. The van der Waals surface area contributed by atoms with Gasteiger partial charge in [0.2, 0.25) is 5.88 Å². The molecule has 0 aromatic carbocycles. The lowest BCUT2D eigenvalue weighted by Gasteiger charge is -2.18. The van der Waals surface area contributed by atoms with Crippen LogP contribution in [0.1, 0.15) is 33.3 Å². The van der Waals surface area contributed by atoms with Crippen molar-refractivity contribution in [1.29, 1.82) is 0 Å². The average Bonchev–Trinajstić information content (AvgIpc) is 2.43. The molecule has 0 fully saturated rings. The molecule has 0 unspecified atom stereocenters. The molecule has 0 aliphatic carbocycles. The minimum Gasteiger partial charge on any atom is -0.476 e. The van der Waals surface area contributed by atoms with Crippen LogP contribution in [0.5, 0.6) is 5.88 Å². The first kappa shape index (κ1) is 16.9. The molecule has 1 rings (SSSR count). The lowest BCUT2D eigenvalue weighted by atomic mass is 10.2. The number of hydrogen-bond acceptors (Lipinski definition) is 4. The van der Waals surface area contributed by atoms with Gasteiger partial charge in [0.15, 0.2) is 0 Å². The van der Waals surface area contributed by atoms with Crippen LogP contribution in [0.2, 0.25) is 0 Å². The highest BCUT2D eigenvalue weighted by atomic mass is 19.1. The minimum absolute atomic E-state index is 0.332. The second kappa shape index (κ2) is 8.87. The quantitative estimate of drug-likeness (QED) is 0.755. The third-order valence-corrected chi connectivity index (χ3v) is 3.13. The molecule has 0 spiro atoms. The molecule has 0 saturated carbocycles. The highest BCUT2D eigenvalue weighted by molar-refractivity contribution is 5.26. The largest absolute Gasteiger partial charge is 0.476 e. The number of aromatic nitrogens is 1. The molecule has 0 saturated heterocycles. The SMILES string of the molecule is CCN(CC)CCOc1ncc(F)cc1CNC(C)C. The normalized spacial score (nSPS) is 11.3. The zero-order valence-electron chi connectivity index (χ0n) is 12.9. The molecule has 1 aromatic heterocycles. The van der Waals surface area contributed by atoms with Gasteiger partial charge in [0.25, 0.3) is 0 Å². The lowest BCUT2D eigenvalue weighted by molar-refractivity contribution is 0.216. The number of nitrogens with zero attached hydrogens (tertiary/aromatic N) is 2. The van der Waals surface area contributed by atoms with E-state index in [9.17, 15) is 4.39 Å². The highest BCUT2D eigenvalue weighted by Gasteiger charge is 2.08. The fourth-order valence-electron chi connectivity index (χ4n) is 1.85. The Morgan fingerprint density at radius 3 is 2.65 bits per heavy atom. The Bertz CT molecular complexity index is 395. The molecule has 1 aromatic rings. The Hall–Kier alpha value is -1.20. The predicted molar refractivity (Wildman–Crippen MR) is 79.5 cm³/mol. The Kier molecular flexibility index (Phi) is 7.47. The molecule has 4 nitrogen and oxygen atoms in total. The van der Waals surface area contributed by atoms with E-state index >= 15 is 0 Å². The van der Waals surface area contributed by atoms with Gasteiger partial charge in [-0.3, -0.25) is 0 Å². The number of halogens is 1. The van der Waals surface area contributed by atoms with Crippen molar-refractivity contribution in [3.05, 3.63) is 23.6 Å². The van der Waals surface area contributed by atoms with Crippen molar-refractivity contribution in [2.75, 3.05) is 26.2 Å². The van der Waals surface area contributed by atoms with E-state index in [0.717, 1.165) is 25.2 Å². The molecule has 0 aliphatic heterocycles. The first-order valence-corrected chi connectivity index (χ1v) is 7.29. The van der Waals surface area contributed by atoms with Gasteiger partial charge in [0.1, 0.15) is 12.4 Å². The minimum atomic E-state index is -0.332. The van der Waals surface area contributed by atoms with Crippen molar-refractivity contribution in [3.63, 3.8) is 0 Å². The molecule has 114 valence electrons. The first-order chi connectivity index (χ1) is 9.56. The molecule has 20 heavy (non-hydrogen) atoms. The number of pyridine rings is 1. The fourth-order valence-corrected chi connectivity index (χ4v) is 1.85. The zero-order chi connectivity index (χ0) is 15.0. The maximum absolute atomic E-state index is 13.3. The van der Waals surface area contributed by atoms with E-state index in [1.54, 1.807) is 0 Å². The van der Waals surface area contributed by atoms with Crippen LogP contribution < -0.4 is 10.1 Å². The van der Waals surface area contributed by atoms with E-state index in [4.69, 9.17) is 4.74 Å². The van der Waals surface area contributed by atoms with Gasteiger partial charge in [-0.05, 0) is 19.2 Å². The lowest BCUT2D eigenvalue weighted by Crippen LogP contribution is -2.28. The number of nitrogens with one attached hydrogen (secondary N) is 1. The van der Waals surface area contributed by atoms with Crippen molar-refractivity contribution in [1.82, 2.24) is 15.2 Å². The summed E-state index contributed by atoms with van der Waals surface area (Å²) in [5.41, 5.74) is 0.762. The summed E-state index contributed by atoms with van der Waals surface area (Å²) in [7, 11) is 0. The molecule has 0 aliphatic rings. The second-order valence-corrected chi connectivity index (χ2v) is 5.03. The fraction of sp³-hybridized carbons (Fsp3) is 0.667. The standard InChI is InChI=1S/C15H26FN3O/c1-5-19(6-2)7-8-20-15-13(10-17-12(3)4)9-14(16)11-18-15/h9,11-12,17H,5-8,10H2,1-4H3. The average molecular weight is 283 g/mol. The highest BCUT2D eigenvalue weighted by Crippen LogP contribution is 2.16. The molecule has 0 amide bonds.